The molecule has 4 nitrogen and oxygen atoms in total. The third kappa shape index (κ3) is 9.92. The van der Waals surface area contributed by atoms with Crippen molar-refractivity contribution in [2.75, 3.05) is 46.8 Å². The van der Waals surface area contributed by atoms with Crippen LogP contribution in [0.25, 0.3) is 0 Å². The average Bonchev–Trinajstić information content (AvgIpc) is 2.18. The van der Waals surface area contributed by atoms with Gasteiger partial charge in [-0.15, -0.1) is 0 Å². The molecule has 1 N–H and O–H groups in total. The van der Waals surface area contributed by atoms with Crippen LogP contribution in [-0.2, 0) is 14.2 Å². The van der Waals surface area contributed by atoms with Crippen LogP contribution in [0, 0.1) is 5.92 Å². The van der Waals surface area contributed by atoms with Gasteiger partial charge in [0.05, 0.1) is 26.4 Å². The van der Waals surface area contributed by atoms with Crippen LogP contribution < -0.4 is 0 Å². The minimum atomic E-state index is 0.0847. The third-order valence-electron chi connectivity index (χ3n) is 1.68. The molecule has 0 amide bonds. The Hall–Kier alpha value is -0.160. The van der Waals surface area contributed by atoms with Crippen molar-refractivity contribution < 1.29 is 19.3 Å². The van der Waals surface area contributed by atoms with Crippen LogP contribution in [0.15, 0.2) is 0 Å². The fourth-order valence-electron chi connectivity index (χ4n) is 0.987. The molecule has 0 aliphatic rings. The lowest BCUT2D eigenvalue weighted by molar-refractivity contribution is 0.0278. The highest BCUT2D eigenvalue weighted by Gasteiger charge is 2.01. The monoisotopic (exact) mass is 206 g/mol. The van der Waals surface area contributed by atoms with Crippen molar-refractivity contribution in [1.29, 1.82) is 0 Å². The molecule has 0 aliphatic heterocycles. The summed E-state index contributed by atoms with van der Waals surface area (Å²) >= 11 is 0. The highest BCUT2D eigenvalue weighted by atomic mass is 16.5. The van der Waals surface area contributed by atoms with Gasteiger partial charge in [-0.25, -0.2) is 0 Å². The van der Waals surface area contributed by atoms with Gasteiger partial charge in [0, 0.05) is 26.2 Å². The fraction of sp³-hybridized carbons (Fsp3) is 1.00. The van der Waals surface area contributed by atoms with Crippen molar-refractivity contribution in [2.24, 2.45) is 5.92 Å². The van der Waals surface area contributed by atoms with Gasteiger partial charge in [-0.2, -0.15) is 0 Å². The van der Waals surface area contributed by atoms with Crippen molar-refractivity contribution in [3.05, 3.63) is 0 Å². The number of ether oxygens (including phenoxy) is 3. The molecule has 1 unspecified atom stereocenters. The van der Waals surface area contributed by atoms with Gasteiger partial charge in [-0.1, -0.05) is 6.92 Å². The van der Waals surface area contributed by atoms with E-state index < -0.39 is 0 Å². The number of hydrogen-bond acceptors (Lipinski definition) is 4. The lowest BCUT2D eigenvalue weighted by Gasteiger charge is -2.11. The SMILES string of the molecule is COCCCOCC(C)COCCO. The summed E-state index contributed by atoms with van der Waals surface area (Å²) in [5.41, 5.74) is 0. The van der Waals surface area contributed by atoms with E-state index >= 15 is 0 Å². The molecule has 0 saturated carbocycles. The third-order valence-corrected chi connectivity index (χ3v) is 1.68. The predicted octanol–water partition coefficient (Wildman–Crippen LogP) is 0.685. The molecular formula is C10H22O4. The van der Waals surface area contributed by atoms with Crippen LogP contribution in [0.5, 0.6) is 0 Å². The van der Waals surface area contributed by atoms with Crippen LogP contribution in [0.3, 0.4) is 0 Å². The molecule has 0 heterocycles. The fourth-order valence-corrected chi connectivity index (χ4v) is 0.987. The van der Waals surface area contributed by atoms with Crippen LogP contribution >= 0.6 is 0 Å². The standard InChI is InChI=1S/C10H22O4/c1-10(9-14-7-4-11)8-13-6-3-5-12-2/h10-11H,3-9H2,1-2H3. The van der Waals surface area contributed by atoms with E-state index in [1.54, 1.807) is 7.11 Å². The van der Waals surface area contributed by atoms with E-state index in [-0.39, 0.29) is 6.61 Å². The van der Waals surface area contributed by atoms with Gasteiger partial charge in [0.2, 0.25) is 0 Å². The Morgan fingerprint density at radius 2 is 1.71 bits per heavy atom. The molecule has 0 bridgehead atoms. The van der Waals surface area contributed by atoms with Crippen LogP contribution in [0.4, 0.5) is 0 Å². The highest BCUT2D eigenvalue weighted by Crippen LogP contribution is 1.97. The summed E-state index contributed by atoms with van der Waals surface area (Å²) < 4.78 is 15.5. The van der Waals surface area contributed by atoms with Gasteiger partial charge < -0.3 is 19.3 Å². The Kier molecular flexibility index (Phi) is 10.8. The molecule has 14 heavy (non-hydrogen) atoms. The molecule has 0 rings (SSSR count). The molecule has 1 atom stereocenters. The van der Waals surface area contributed by atoms with Gasteiger partial charge in [0.1, 0.15) is 0 Å². The summed E-state index contributed by atoms with van der Waals surface area (Å²) in [4.78, 5) is 0. The second kappa shape index (κ2) is 10.9. The molecule has 0 aromatic rings. The van der Waals surface area contributed by atoms with E-state index in [2.05, 4.69) is 6.92 Å². The first kappa shape index (κ1) is 13.8. The largest absolute Gasteiger partial charge is 0.394 e. The molecule has 0 aromatic carbocycles. The number of rotatable bonds is 10. The van der Waals surface area contributed by atoms with E-state index in [9.17, 15) is 0 Å². The second-order valence-electron chi connectivity index (χ2n) is 3.32. The first-order valence-electron chi connectivity index (χ1n) is 5.06. The number of aliphatic hydroxyl groups is 1. The van der Waals surface area contributed by atoms with E-state index in [1.165, 1.54) is 0 Å². The average molecular weight is 206 g/mol. The smallest absolute Gasteiger partial charge is 0.0697 e. The normalized spacial score (nSPS) is 13.1. The first-order valence-corrected chi connectivity index (χ1v) is 5.06. The van der Waals surface area contributed by atoms with Crippen LogP contribution in [0.2, 0.25) is 0 Å². The quantitative estimate of drug-likeness (QED) is 0.534. The van der Waals surface area contributed by atoms with Crippen LogP contribution in [-0.4, -0.2) is 51.9 Å². The van der Waals surface area contributed by atoms with E-state index in [0.29, 0.717) is 25.7 Å². The summed E-state index contributed by atoms with van der Waals surface area (Å²) in [6.45, 7) is 5.39. The topological polar surface area (TPSA) is 47.9 Å². The second-order valence-corrected chi connectivity index (χ2v) is 3.32. The summed E-state index contributed by atoms with van der Waals surface area (Å²) in [7, 11) is 1.69. The minimum absolute atomic E-state index is 0.0847. The molecule has 0 aliphatic carbocycles. The predicted molar refractivity (Wildman–Crippen MR) is 54.4 cm³/mol. The lowest BCUT2D eigenvalue weighted by Crippen LogP contribution is -2.15. The lowest BCUT2D eigenvalue weighted by atomic mass is 10.2. The number of aliphatic hydroxyl groups excluding tert-OH is 1. The van der Waals surface area contributed by atoms with Crippen molar-refractivity contribution in [3.63, 3.8) is 0 Å². The summed E-state index contributed by atoms with van der Waals surface area (Å²) in [6.07, 6.45) is 0.931. The molecular weight excluding hydrogens is 184 g/mol. The summed E-state index contributed by atoms with van der Waals surface area (Å²) in [5.74, 6) is 0.379. The Labute approximate surface area is 86.2 Å². The Bertz CT molecular complexity index is 108. The Balaban J connectivity index is 3.06. The summed E-state index contributed by atoms with van der Waals surface area (Å²) in [5, 5.41) is 8.48. The molecule has 0 spiro atoms. The van der Waals surface area contributed by atoms with E-state index in [4.69, 9.17) is 19.3 Å². The maximum Gasteiger partial charge on any atom is 0.0697 e. The minimum Gasteiger partial charge on any atom is -0.394 e. The Morgan fingerprint density at radius 1 is 1.07 bits per heavy atom. The number of hydrogen-bond donors (Lipinski definition) is 1. The van der Waals surface area contributed by atoms with Crippen molar-refractivity contribution in [3.8, 4) is 0 Å². The van der Waals surface area contributed by atoms with Gasteiger partial charge in [0.15, 0.2) is 0 Å². The molecule has 86 valence electrons. The van der Waals surface area contributed by atoms with Gasteiger partial charge in [-0.05, 0) is 6.42 Å². The first-order chi connectivity index (χ1) is 6.81. The van der Waals surface area contributed by atoms with Gasteiger partial charge in [0.25, 0.3) is 0 Å². The Morgan fingerprint density at radius 3 is 2.29 bits per heavy atom. The van der Waals surface area contributed by atoms with E-state index in [1.807, 2.05) is 0 Å². The molecule has 0 saturated heterocycles. The van der Waals surface area contributed by atoms with Gasteiger partial charge in [-0.3, -0.25) is 0 Å². The molecule has 0 aromatic heterocycles. The molecule has 0 radical (unpaired) electrons. The van der Waals surface area contributed by atoms with Crippen molar-refractivity contribution >= 4 is 0 Å². The van der Waals surface area contributed by atoms with Crippen molar-refractivity contribution in [2.45, 2.75) is 13.3 Å². The highest BCUT2D eigenvalue weighted by molar-refractivity contribution is 4.48. The maximum atomic E-state index is 8.48. The molecule has 0 fully saturated rings. The van der Waals surface area contributed by atoms with Gasteiger partial charge >= 0.3 is 0 Å². The zero-order chi connectivity index (χ0) is 10.6. The zero-order valence-electron chi connectivity index (χ0n) is 9.20. The van der Waals surface area contributed by atoms with E-state index in [0.717, 1.165) is 19.6 Å². The maximum absolute atomic E-state index is 8.48. The number of methoxy groups -OCH3 is 1. The van der Waals surface area contributed by atoms with Crippen molar-refractivity contribution in [1.82, 2.24) is 0 Å². The van der Waals surface area contributed by atoms with Crippen LogP contribution in [0.1, 0.15) is 13.3 Å². The zero-order valence-corrected chi connectivity index (χ0v) is 9.20. The summed E-state index contributed by atoms with van der Waals surface area (Å²) in [6, 6.07) is 0. The molecule has 4 heteroatoms.